The molecule has 0 radical (unpaired) electrons. The summed E-state index contributed by atoms with van der Waals surface area (Å²) in [6.45, 7) is 0.222. The van der Waals surface area contributed by atoms with E-state index in [0.717, 1.165) is 41.5 Å². The van der Waals surface area contributed by atoms with Crippen LogP contribution in [0.25, 0.3) is 10.1 Å². The number of halogens is 1. The van der Waals surface area contributed by atoms with Gasteiger partial charge >= 0.3 is 0 Å². The number of para-hydroxylation sites is 1. The van der Waals surface area contributed by atoms with Crippen LogP contribution in [0.3, 0.4) is 0 Å². The van der Waals surface area contributed by atoms with Crippen molar-refractivity contribution in [2.24, 2.45) is 0 Å². The summed E-state index contributed by atoms with van der Waals surface area (Å²) in [6.07, 6.45) is 5.60. The van der Waals surface area contributed by atoms with Crippen molar-refractivity contribution < 1.29 is 14.3 Å². The van der Waals surface area contributed by atoms with E-state index in [1.54, 1.807) is 0 Å². The maximum absolute atomic E-state index is 13.7. The molecule has 3 aromatic rings. The number of carbonyl (C=O) groups excluding carboxylic acids is 1. The third-order valence-electron chi connectivity index (χ3n) is 5.51. The minimum atomic E-state index is -0.0219. The minimum Gasteiger partial charge on any atom is -0.454 e. The van der Waals surface area contributed by atoms with Crippen LogP contribution >= 0.6 is 22.9 Å². The van der Waals surface area contributed by atoms with Crippen LogP contribution in [0.15, 0.2) is 42.5 Å². The third-order valence-corrected chi connectivity index (χ3v) is 7.16. The Bertz CT molecular complexity index is 1030. The van der Waals surface area contributed by atoms with E-state index in [9.17, 15) is 4.79 Å². The van der Waals surface area contributed by atoms with Gasteiger partial charge in [0.1, 0.15) is 4.88 Å². The molecule has 1 fully saturated rings. The van der Waals surface area contributed by atoms with Gasteiger partial charge in [0.05, 0.1) is 5.02 Å². The molecule has 1 aromatic heterocycles. The Morgan fingerprint density at radius 3 is 2.50 bits per heavy atom. The van der Waals surface area contributed by atoms with Gasteiger partial charge in [0.15, 0.2) is 11.5 Å². The molecule has 2 heterocycles. The predicted molar refractivity (Wildman–Crippen MR) is 113 cm³/mol. The lowest BCUT2D eigenvalue weighted by molar-refractivity contribution is 0.0974. The maximum atomic E-state index is 13.7. The molecule has 2 aliphatic rings. The average molecular weight is 414 g/mol. The van der Waals surface area contributed by atoms with Crippen molar-refractivity contribution in [2.75, 3.05) is 11.7 Å². The van der Waals surface area contributed by atoms with Crippen LogP contribution in [0, 0.1) is 0 Å². The van der Waals surface area contributed by atoms with E-state index in [0.29, 0.717) is 21.4 Å². The fourth-order valence-corrected chi connectivity index (χ4v) is 5.58. The van der Waals surface area contributed by atoms with E-state index in [4.69, 9.17) is 21.1 Å². The van der Waals surface area contributed by atoms with Crippen LogP contribution in [0.5, 0.6) is 11.5 Å². The highest BCUT2D eigenvalue weighted by Crippen LogP contribution is 2.44. The molecule has 28 heavy (non-hydrogen) atoms. The van der Waals surface area contributed by atoms with Crippen LogP contribution in [-0.4, -0.2) is 18.7 Å². The van der Waals surface area contributed by atoms with Crippen molar-refractivity contribution >= 4 is 44.6 Å². The molecule has 0 unspecified atom stereocenters. The van der Waals surface area contributed by atoms with Crippen molar-refractivity contribution in [1.29, 1.82) is 0 Å². The fraction of sp³-hybridized carbons (Fsp3) is 0.318. The second kappa shape index (κ2) is 7.30. The van der Waals surface area contributed by atoms with Crippen LogP contribution in [0.1, 0.15) is 41.8 Å². The van der Waals surface area contributed by atoms with E-state index in [2.05, 4.69) is 0 Å². The number of nitrogens with zero attached hydrogens (tertiary/aromatic N) is 1. The molecule has 2 aromatic carbocycles. The zero-order valence-corrected chi connectivity index (χ0v) is 16.9. The Morgan fingerprint density at radius 1 is 1.04 bits per heavy atom. The first-order valence-corrected chi connectivity index (χ1v) is 10.8. The number of amides is 1. The number of anilines is 1. The SMILES string of the molecule is O=C(c1sc2cc3c(cc2c1Cl)OCO3)N(c1ccccc1)C1CCCCC1. The summed E-state index contributed by atoms with van der Waals surface area (Å²) in [5, 5.41) is 1.34. The van der Waals surface area contributed by atoms with Crippen LogP contribution in [-0.2, 0) is 0 Å². The van der Waals surface area contributed by atoms with Crippen molar-refractivity contribution in [1.82, 2.24) is 0 Å². The number of hydrogen-bond donors (Lipinski definition) is 0. The van der Waals surface area contributed by atoms with Gasteiger partial charge < -0.3 is 14.4 Å². The summed E-state index contributed by atoms with van der Waals surface area (Å²) in [5.74, 6) is 1.36. The topological polar surface area (TPSA) is 38.8 Å². The largest absolute Gasteiger partial charge is 0.454 e. The van der Waals surface area contributed by atoms with E-state index in [1.807, 2.05) is 47.4 Å². The van der Waals surface area contributed by atoms with Crippen LogP contribution in [0.4, 0.5) is 5.69 Å². The minimum absolute atomic E-state index is 0.0219. The molecule has 144 valence electrons. The fourth-order valence-electron chi connectivity index (χ4n) is 4.13. The number of hydrogen-bond acceptors (Lipinski definition) is 4. The molecule has 1 amide bonds. The van der Waals surface area contributed by atoms with Gasteiger partial charge in [-0.1, -0.05) is 49.1 Å². The molecule has 0 saturated heterocycles. The van der Waals surface area contributed by atoms with E-state index < -0.39 is 0 Å². The van der Waals surface area contributed by atoms with Gasteiger partial charge in [-0.2, -0.15) is 0 Å². The van der Waals surface area contributed by atoms with Crippen molar-refractivity contribution in [3.63, 3.8) is 0 Å². The zero-order valence-electron chi connectivity index (χ0n) is 15.3. The lowest BCUT2D eigenvalue weighted by atomic mass is 9.93. The molecule has 5 rings (SSSR count). The van der Waals surface area contributed by atoms with Crippen molar-refractivity contribution in [3.05, 3.63) is 52.4 Å². The Balaban J connectivity index is 1.58. The number of ether oxygens (including phenoxy) is 2. The first kappa shape index (κ1) is 17.8. The van der Waals surface area contributed by atoms with Gasteiger partial charge in [0, 0.05) is 27.9 Å². The first-order valence-electron chi connectivity index (χ1n) is 9.62. The number of carbonyl (C=O) groups is 1. The summed E-state index contributed by atoms with van der Waals surface area (Å²) in [4.78, 5) is 16.2. The van der Waals surface area contributed by atoms with E-state index in [-0.39, 0.29) is 18.7 Å². The predicted octanol–water partition coefficient (Wildman–Crippen LogP) is 6.26. The highest BCUT2D eigenvalue weighted by molar-refractivity contribution is 7.21. The van der Waals surface area contributed by atoms with Crippen LogP contribution < -0.4 is 14.4 Å². The summed E-state index contributed by atoms with van der Waals surface area (Å²) < 4.78 is 11.9. The maximum Gasteiger partial charge on any atom is 0.270 e. The van der Waals surface area contributed by atoms with Gasteiger partial charge in [-0.15, -0.1) is 11.3 Å². The van der Waals surface area contributed by atoms with Crippen LogP contribution in [0.2, 0.25) is 5.02 Å². The quantitative estimate of drug-likeness (QED) is 0.508. The molecular formula is C22H20ClNO3S. The Kier molecular flexibility index (Phi) is 4.65. The average Bonchev–Trinajstić information content (AvgIpc) is 3.32. The highest BCUT2D eigenvalue weighted by Gasteiger charge is 2.31. The van der Waals surface area contributed by atoms with Gasteiger partial charge in [-0.3, -0.25) is 4.79 Å². The molecule has 0 atom stereocenters. The smallest absolute Gasteiger partial charge is 0.270 e. The molecule has 0 N–H and O–H groups in total. The molecule has 1 saturated carbocycles. The third kappa shape index (κ3) is 3.03. The molecule has 0 spiro atoms. The summed E-state index contributed by atoms with van der Waals surface area (Å²) in [7, 11) is 0. The normalized spacial score (nSPS) is 16.5. The Labute approximate surface area is 172 Å². The number of fused-ring (bicyclic) bond motifs is 2. The van der Waals surface area contributed by atoms with Crippen molar-refractivity contribution in [3.8, 4) is 11.5 Å². The van der Waals surface area contributed by atoms with Gasteiger partial charge in [-0.25, -0.2) is 0 Å². The zero-order chi connectivity index (χ0) is 19.1. The monoisotopic (exact) mass is 413 g/mol. The van der Waals surface area contributed by atoms with E-state index >= 15 is 0 Å². The lowest BCUT2D eigenvalue weighted by Gasteiger charge is -2.34. The van der Waals surface area contributed by atoms with Gasteiger partial charge in [-0.05, 0) is 31.0 Å². The highest BCUT2D eigenvalue weighted by atomic mass is 35.5. The summed E-state index contributed by atoms with van der Waals surface area (Å²) in [6, 6.07) is 13.9. The molecule has 1 aliphatic carbocycles. The molecule has 1 aliphatic heterocycles. The molecular weight excluding hydrogens is 394 g/mol. The number of thiophene rings is 1. The first-order chi connectivity index (χ1) is 13.7. The second-order valence-electron chi connectivity index (χ2n) is 7.25. The standard InChI is InChI=1S/C22H20ClNO3S/c23-20-16-11-17-18(27-13-26-17)12-19(16)28-21(20)22(25)24(14-7-3-1-4-8-14)15-9-5-2-6-10-15/h1,3-4,7-8,11-12,15H,2,5-6,9-10,13H2. The number of benzene rings is 2. The number of rotatable bonds is 3. The molecule has 0 bridgehead atoms. The van der Waals surface area contributed by atoms with E-state index in [1.165, 1.54) is 17.8 Å². The lowest BCUT2D eigenvalue weighted by Crippen LogP contribution is -2.41. The second-order valence-corrected chi connectivity index (χ2v) is 8.68. The molecule has 4 nitrogen and oxygen atoms in total. The Morgan fingerprint density at radius 2 is 1.75 bits per heavy atom. The summed E-state index contributed by atoms with van der Waals surface area (Å²) in [5.41, 5.74) is 0.932. The van der Waals surface area contributed by atoms with Crippen molar-refractivity contribution in [2.45, 2.75) is 38.1 Å². The van der Waals surface area contributed by atoms with Gasteiger partial charge in [0.25, 0.3) is 5.91 Å². The van der Waals surface area contributed by atoms with Gasteiger partial charge in [0.2, 0.25) is 6.79 Å². The molecule has 6 heteroatoms. The Hall–Kier alpha value is -2.24. The summed E-state index contributed by atoms with van der Waals surface area (Å²) >= 11 is 8.12.